The second-order valence-electron chi connectivity index (χ2n) is 8.96. The molecule has 0 aromatic heterocycles. The van der Waals surface area contributed by atoms with Gasteiger partial charge in [-0.3, -0.25) is 14.4 Å². The van der Waals surface area contributed by atoms with Gasteiger partial charge in [0.05, 0.1) is 5.56 Å². The molecule has 192 valence electrons. The summed E-state index contributed by atoms with van der Waals surface area (Å²) in [5, 5.41) is 2.65. The lowest BCUT2D eigenvalue weighted by atomic mass is 10.0. The monoisotopic (exact) mass is 519 g/mol. The standard InChI is InChI=1S/C28H29N3O5S/c1-20-9-8-12-22(17-20)19-30(24(27(33)29-2)18-21-10-4-3-5-11-21)26(32)15-16-31-28(34)23-13-6-7-14-25(23)37(31,35)36/h3-14,17,24H,15-16,18-19H2,1-2H3,(H,29,33)/t24-/m1/s1. The van der Waals surface area contributed by atoms with Crippen LogP contribution in [0.25, 0.3) is 0 Å². The van der Waals surface area contributed by atoms with E-state index >= 15 is 0 Å². The van der Waals surface area contributed by atoms with Crippen molar-refractivity contribution < 1.29 is 22.8 Å². The third-order valence-corrected chi connectivity index (χ3v) is 8.23. The van der Waals surface area contributed by atoms with Crippen LogP contribution in [0.4, 0.5) is 0 Å². The van der Waals surface area contributed by atoms with Crippen molar-refractivity contribution in [2.45, 2.75) is 37.2 Å². The first kappa shape index (κ1) is 26.1. The maximum Gasteiger partial charge on any atom is 0.269 e. The second-order valence-corrected chi connectivity index (χ2v) is 10.8. The zero-order chi connectivity index (χ0) is 26.6. The van der Waals surface area contributed by atoms with E-state index in [9.17, 15) is 22.8 Å². The van der Waals surface area contributed by atoms with Crippen LogP contribution in [-0.2, 0) is 32.6 Å². The number of likely N-dealkylation sites (N-methyl/N-ethyl adjacent to an activating group) is 1. The molecule has 3 aromatic rings. The Bertz CT molecular complexity index is 1420. The van der Waals surface area contributed by atoms with Gasteiger partial charge in [-0.15, -0.1) is 0 Å². The van der Waals surface area contributed by atoms with Crippen LogP contribution in [0, 0.1) is 6.92 Å². The third kappa shape index (κ3) is 5.56. The molecule has 1 atom stereocenters. The van der Waals surface area contributed by atoms with E-state index < -0.39 is 27.9 Å². The summed E-state index contributed by atoms with van der Waals surface area (Å²) in [7, 11) is -2.52. The first-order valence-corrected chi connectivity index (χ1v) is 13.4. The fourth-order valence-corrected chi connectivity index (χ4v) is 6.09. The SMILES string of the molecule is CNC(=O)[C@@H](Cc1ccccc1)N(Cc1cccc(C)c1)C(=O)CCN1C(=O)c2ccccc2S1(=O)=O. The Hall–Kier alpha value is -3.98. The quantitative estimate of drug-likeness (QED) is 0.468. The van der Waals surface area contributed by atoms with Gasteiger partial charge in [-0.2, -0.15) is 0 Å². The number of aryl methyl sites for hydroxylation is 1. The fraction of sp³-hybridized carbons (Fsp3) is 0.250. The number of carbonyl (C=O) groups excluding carboxylic acids is 3. The Balaban J connectivity index is 1.61. The van der Waals surface area contributed by atoms with Crippen molar-refractivity contribution in [2.24, 2.45) is 0 Å². The van der Waals surface area contributed by atoms with Gasteiger partial charge in [0.1, 0.15) is 10.9 Å². The molecular formula is C28H29N3O5S. The number of fused-ring (bicyclic) bond motifs is 1. The van der Waals surface area contributed by atoms with Gasteiger partial charge in [0.25, 0.3) is 15.9 Å². The minimum Gasteiger partial charge on any atom is -0.357 e. The molecular weight excluding hydrogens is 490 g/mol. The maximum atomic E-state index is 13.6. The van der Waals surface area contributed by atoms with Gasteiger partial charge < -0.3 is 10.2 Å². The number of hydrogen-bond acceptors (Lipinski definition) is 5. The Morgan fingerprint density at radius 2 is 1.62 bits per heavy atom. The van der Waals surface area contributed by atoms with Gasteiger partial charge in [0.15, 0.2) is 0 Å². The average Bonchev–Trinajstić information content (AvgIpc) is 3.09. The number of benzene rings is 3. The Morgan fingerprint density at radius 3 is 2.30 bits per heavy atom. The van der Waals surface area contributed by atoms with Crippen LogP contribution in [0.2, 0.25) is 0 Å². The summed E-state index contributed by atoms with van der Waals surface area (Å²) in [5.74, 6) is -1.41. The fourth-order valence-electron chi connectivity index (χ4n) is 4.52. The van der Waals surface area contributed by atoms with Gasteiger partial charge in [-0.1, -0.05) is 72.3 Å². The normalized spacial score (nSPS) is 14.6. The van der Waals surface area contributed by atoms with Gasteiger partial charge in [0.2, 0.25) is 11.8 Å². The molecule has 0 bridgehead atoms. The van der Waals surface area contributed by atoms with Crippen LogP contribution in [-0.4, -0.2) is 55.0 Å². The zero-order valence-electron chi connectivity index (χ0n) is 20.8. The summed E-state index contributed by atoms with van der Waals surface area (Å²) in [6, 6.07) is 22.2. The number of amides is 3. The van der Waals surface area contributed by atoms with Crippen LogP contribution < -0.4 is 5.32 Å². The van der Waals surface area contributed by atoms with E-state index in [0.717, 1.165) is 21.0 Å². The Labute approximate surface area is 217 Å². The zero-order valence-corrected chi connectivity index (χ0v) is 21.6. The number of nitrogens with one attached hydrogen (secondary N) is 1. The minimum atomic E-state index is -4.04. The summed E-state index contributed by atoms with van der Waals surface area (Å²) in [6.07, 6.45) is 0.0253. The lowest BCUT2D eigenvalue weighted by Crippen LogP contribution is -2.50. The highest BCUT2D eigenvalue weighted by atomic mass is 32.2. The molecule has 1 aliphatic heterocycles. The second kappa shape index (κ2) is 11.0. The molecule has 0 saturated carbocycles. The van der Waals surface area contributed by atoms with E-state index in [1.807, 2.05) is 61.5 Å². The van der Waals surface area contributed by atoms with Crippen LogP contribution in [0.1, 0.15) is 33.5 Å². The van der Waals surface area contributed by atoms with E-state index in [1.54, 1.807) is 12.1 Å². The summed E-state index contributed by atoms with van der Waals surface area (Å²) >= 11 is 0. The molecule has 9 heteroatoms. The molecule has 1 heterocycles. The summed E-state index contributed by atoms with van der Waals surface area (Å²) in [5.41, 5.74) is 2.83. The van der Waals surface area contributed by atoms with E-state index in [0.29, 0.717) is 0 Å². The van der Waals surface area contributed by atoms with E-state index in [2.05, 4.69) is 5.32 Å². The van der Waals surface area contributed by atoms with Crippen molar-refractivity contribution >= 4 is 27.7 Å². The molecule has 0 radical (unpaired) electrons. The van der Waals surface area contributed by atoms with Gasteiger partial charge in [-0.25, -0.2) is 12.7 Å². The number of sulfonamides is 1. The average molecular weight is 520 g/mol. The van der Waals surface area contributed by atoms with Gasteiger partial charge in [-0.05, 0) is 30.2 Å². The molecule has 37 heavy (non-hydrogen) atoms. The molecule has 0 saturated heterocycles. The highest BCUT2D eigenvalue weighted by Gasteiger charge is 2.41. The first-order valence-electron chi connectivity index (χ1n) is 12.0. The van der Waals surface area contributed by atoms with Crippen LogP contribution in [0.15, 0.2) is 83.8 Å². The van der Waals surface area contributed by atoms with Gasteiger partial charge in [0, 0.05) is 33.0 Å². The van der Waals surface area contributed by atoms with Crippen LogP contribution >= 0.6 is 0 Å². The van der Waals surface area contributed by atoms with Gasteiger partial charge >= 0.3 is 0 Å². The first-order chi connectivity index (χ1) is 17.7. The smallest absolute Gasteiger partial charge is 0.269 e. The summed E-state index contributed by atoms with van der Waals surface area (Å²) in [6.45, 7) is 1.79. The maximum absolute atomic E-state index is 13.6. The summed E-state index contributed by atoms with van der Waals surface area (Å²) < 4.78 is 26.6. The molecule has 0 spiro atoms. The van der Waals surface area contributed by atoms with Crippen molar-refractivity contribution in [2.75, 3.05) is 13.6 Å². The van der Waals surface area contributed by atoms with Crippen molar-refractivity contribution in [1.29, 1.82) is 0 Å². The lowest BCUT2D eigenvalue weighted by Gasteiger charge is -2.31. The Morgan fingerprint density at radius 1 is 0.946 bits per heavy atom. The highest BCUT2D eigenvalue weighted by molar-refractivity contribution is 7.90. The van der Waals surface area contributed by atoms with E-state index in [1.165, 1.54) is 24.1 Å². The summed E-state index contributed by atoms with van der Waals surface area (Å²) in [4.78, 5) is 40.9. The predicted molar refractivity (Wildman–Crippen MR) is 139 cm³/mol. The van der Waals surface area contributed by atoms with Crippen LogP contribution in [0.3, 0.4) is 0 Å². The molecule has 3 amide bonds. The Kier molecular flexibility index (Phi) is 7.73. The minimum absolute atomic E-state index is 0.0589. The molecule has 4 rings (SSSR count). The van der Waals surface area contributed by atoms with E-state index in [4.69, 9.17) is 0 Å². The van der Waals surface area contributed by atoms with Crippen molar-refractivity contribution in [3.05, 3.63) is 101 Å². The predicted octanol–water partition coefficient (Wildman–Crippen LogP) is 2.92. The number of hydrogen-bond donors (Lipinski definition) is 1. The highest BCUT2D eigenvalue weighted by Crippen LogP contribution is 2.30. The molecule has 1 N–H and O–H groups in total. The molecule has 0 fully saturated rings. The number of carbonyl (C=O) groups is 3. The molecule has 1 aliphatic rings. The van der Waals surface area contributed by atoms with Crippen molar-refractivity contribution in [1.82, 2.24) is 14.5 Å². The lowest BCUT2D eigenvalue weighted by molar-refractivity contribution is -0.141. The van der Waals surface area contributed by atoms with Crippen LogP contribution in [0.5, 0.6) is 0 Å². The number of rotatable bonds is 9. The number of nitrogens with zero attached hydrogens (tertiary/aromatic N) is 2. The molecule has 3 aromatic carbocycles. The molecule has 8 nitrogen and oxygen atoms in total. The van der Waals surface area contributed by atoms with E-state index in [-0.39, 0.29) is 42.3 Å². The molecule has 0 aliphatic carbocycles. The van der Waals surface area contributed by atoms with Crippen molar-refractivity contribution in [3.8, 4) is 0 Å². The third-order valence-electron chi connectivity index (χ3n) is 6.39. The molecule has 0 unspecified atom stereocenters. The van der Waals surface area contributed by atoms with Crippen molar-refractivity contribution in [3.63, 3.8) is 0 Å². The topological polar surface area (TPSA) is 104 Å². The largest absolute Gasteiger partial charge is 0.357 e.